The average molecular weight is 374 g/mol. The lowest BCUT2D eigenvalue weighted by molar-refractivity contribution is -0.118. The summed E-state index contributed by atoms with van der Waals surface area (Å²) in [5.74, 6) is 1.09. The third-order valence-electron chi connectivity index (χ3n) is 4.03. The fraction of sp³-hybridized carbons (Fsp3) is 0.316. The molecule has 1 aliphatic rings. The lowest BCUT2D eigenvalue weighted by Gasteiger charge is -2.29. The van der Waals surface area contributed by atoms with Crippen LogP contribution in [0.4, 0.5) is 5.69 Å². The fourth-order valence-electron chi connectivity index (χ4n) is 2.89. The van der Waals surface area contributed by atoms with E-state index in [2.05, 4.69) is 22.0 Å². The van der Waals surface area contributed by atoms with Crippen molar-refractivity contribution in [1.29, 1.82) is 0 Å². The molecule has 1 heterocycles. The van der Waals surface area contributed by atoms with E-state index in [4.69, 9.17) is 4.74 Å². The number of aryl methyl sites for hydroxylation is 2. The van der Waals surface area contributed by atoms with E-state index >= 15 is 0 Å². The van der Waals surface area contributed by atoms with Crippen molar-refractivity contribution >= 4 is 27.5 Å². The van der Waals surface area contributed by atoms with Crippen LogP contribution in [0, 0.1) is 6.92 Å². The minimum atomic E-state index is 0.204. The largest absolute Gasteiger partial charge is 0.494 e. The molecule has 4 heteroatoms. The van der Waals surface area contributed by atoms with Gasteiger partial charge in [-0.2, -0.15) is 0 Å². The number of hydrogen-bond donors (Lipinski definition) is 0. The molecule has 0 radical (unpaired) electrons. The Morgan fingerprint density at radius 2 is 2.04 bits per heavy atom. The summed E-state index contributed by atoms with van der Waals surface area (Å²) >= 11 is 3.50. The number of nitrogens with zero attached hydrogens (tertiary/aromatic N) is 1. The zero-order chi connectivity index (χ0) is 16.2. The summed E-state index contributed by atoms with van der Waals surface area (Å²) < 4.78 is 6.84. The van der Waals surface area contributed by atoms with Crippen LogP contribution in [-0.2, 0) is 11.2 Å². The van der Waals surface area contributed by atoms with Gasteiger partial charge in [-0.3, -0.25) is 4.79 Å². The molecule has 2 aromatic carbocycles. The maximum Gasteiger partial charge on any atom is 0.227 e. The minimum Gasteiger partial charge on any atom is -0.494 e. The summed E-state index contributed by atoms with van der Waals surface area (Å²) in [4.78, 5) is 14.1. The zero-order valence-corrected chi connectivity index (χ0v) is 14.8. The molecule has 1 aliphatic heterocycles. The predicted molar refractivity (Wildman–Crippen MR) is 96.1 cm³/mol. The molecule has 1 amide bonds. The Kier molecular flexibility index (Phi) is 5.01. The fourth-order valence-corrected chi connectivity index (χ4v) is 3.30. The van der Waals surface area contributed by atoms with E-state index in [1.807, 2.05) is 48.2 Å². The maximum atomic E-state index is 12.2. The number of carbonyl (C=O) groups is 1. The zero-order valence-electron chi connectivity index (χ0n) is 13.2. The normalized spacial score (nSPS) is 13.8. The highest BCUT2D eigenvalue weighted by molar-refractivity contribution is 9.10. The molecule has 0 saturated heterocycles. The SMILES string of the molecule is Cc1cccc(OCCCN2C(=O)CCc3cc(Br)ccc32)c1. The molecule has 0 saturated carbocycles. The Bertz CT molecular complexity index is 714. The van der Waals surface area contributed by atoms with Crippen molar-refractivity contribution in [3.8, 4) is 5.75 Å². The molecule has 3 rings (SSSR count). The van der Waals surface area contributed by atoms with Gasteiger partial charge in [0.15, 0.2) is 0 Å². The molecule has 0 atom stereocenters. The van der Waals surface area contributed by atoms with Gasteiger partial charge in [0, 0.05) is 23.1 Å². The van der Waals surface area contributed by atoms with E-state index in [0.717, 1.165) is 28.8 Å². The van der Waals surface area contributed by atoms with Crippen molar-refractivity contribution in [1.82, 2.24) is 0 Å². The second-order valence-corrected chi connectivity index (χ2v) is 6.75. The van der Waals surface area contributed by atoms with Gasteiger partial charge < -0.3 is 9.64 Å². The molecule has 0 unspecified atom stereocenters. The van der Waals surface area contributed by atoms with E-state index < -0.39 is 0 Å². The molecule has 2 aromatic rings. The molecular weight excluding hydrogens is 354 g/mol. The van der Waals surface area contributed by atoms with Crippen LogP contribution in [0.3, 0.4) is 0 Å². The van der Waals surface area contributed by atoms with Crippen LogP contribution in [0.1, 0.15) is 24.0 Å². The Morgan fingerprint density at radius 1 is 1.17 bits per heavy atom. The molecule has 3 nitrogen and oxygen atoms in total. The number of benzene rings is 2. The summed E-state index contributed by atoms with van der Waals surface area (Å²) in [6.07, 6.45) is 2.22. The highest BCUT2D eigenvalue weighted by Gasteiger charge is 2.23. The number of anilines is 1. The van der Waals surface area contributed by atoms with Gasteiger partial charge in [-0.15, -0.1) is 0 Å². The van der Waals surface area contributed by atoms with Crippen LogP contribution in [0.25, 0.3) is 0 Å². The highest BCUT2D eigenvalue weighted by Crippen LogP contribution is 2.30. The molecule has 23 heavy (non-hydrogen) atoms. The second kappa shape index (κ2) is 7.18. The summed E-state index contributed by atoms with van der Waals surface area (Å²) in [5, 5.41) is 0. The van der Waals surface area contributed by atoms with Gasteiger partial charge in [-0.05, 0) is 61.2 Å². The van der Waals surface area contributed by atoms with Gasteiger partial charge in [0.2, 0.25) is 5.91 Å². The van der Waals surface area contributed by atoms with E-state index in [9.17, 15) is 4.79 Å². The van der Waals surface area contributed by atoms with E-state index in [1.165, 1.54) is 11.1 Å². The van der Waals surface area contributed by atoms with Gasteiger partial charge in [0.05, 0.1) is 6.61 Å². The average Bonchev–Trinajstić information content (AvgIpc) is 2.53. The Morgan fingerprint density at radius 3 is 2.87 bits per heavy atom. The van der Waals surface area contributed by atoms with Crippen LogP contribution in [0.5, 0.6) is 5.75 Å². The van der Waals surface area contributed by atoms with Crippen LogP contribution < -0.4 is 9.64 Å². The number of halogens is 1. The number of carbonyl (C=O) groups excluding carboxylic acids is 1. The number of rotatable bonds is 5. The van der Waals surface area contributed by atoms with Crippen molar-refractivity contribution in [3.05, 3.63) is 58.1 Å². The monoisotopic (exact) mass is 373 g/mol. The Balaban J connectivity index is 1.59. The van der Waals surface area contributed by atoms with Gasteiger partial charge in [0.1, 0.15) is 5.75 Å². The Hall–Kier alpha value is -1.81. The highest BCUT2D eigenvalue weighted by atomic mass is 79.9. The first kappa shape index (κ1) is 16.1. The van der Waals surface area contributed by atoms with Gasteiger partial charge in [0.25, 0.3) is 0 Å². The molecular formula is C19H20BrNO2. The van der Waals surface area contributed by atoms with E-state index in [0.29, 0.717) is 19.6 Å². The van der Waals surface area contributed by atoms with Crippen LogP contribution in [-0.4, -0.2) is 19.1 Å². The molecule has 0 spiro atoms. The lowest BCUT2D eigenvalue weighted by atomic mass is 10.0. The molecule has 0 bridgehead atoms. The Labute approximate surface area is 145 Å². The minimum absolute atomic E-state index is 0.204. The number of fused-ring (bicyclic) bond motifs is 1. The molecule has 0 aromatic heterocycles. The number of amides is 1. The third-order valence-corrected chi connectivity index (χ3v) is 4.52. The van der Waals surface area contributed by atoms with E-state index in [1.54, 1.807) is 0 Å². The molecule has 0 fully saturated rings. The number of hydrogen-bond acceptors (Lipinski definition) is 2. The third kappa shape index (κ3) is 3.94. The van der Waals surface area contributed by atoms with Crippen LogP contribution in [0.2, 0.25) is 0 Å². The standard InChI is InChI=1S/C19H20BrNO2/c1-14-4-2-5-17(12-14)23-11-3-10-21-18-8-7-16(20)13-15(18)6-9-19(21)22/h2,4-5,7-8,12-13H,3,6,9-11H2,1H3. The first-order valence-electron chi connectivity index (χ1n) is 7.92. The predicted octanol–water partition coefficient (Wildman–Crippen LogP) is 4.51. The van der Waals surface area contributed by atoms with Gasteiger partial charge in [-0.25, -0.2) is 0 Å². The van der Waals surface area contributed by atoms with Crippen LogP contribution in [0.15, 0.2) is 46.9 Å². The summed E-state index contributed by atoms with van der Waals surface area (Å²) in [6, 6.07) is 14.2. The van der Waals surface area contributed by atoms with Gasteiger partial charge >= 0.3 is 0 Å². The quantitative estimate of drug-likeness (QED) is 0.721. The lowest BCUT2D eigenvalue weighted by Crippen LogP contribution is -2.36. The second-order valence-electron chi connectivity index (χ2n) is 5.84. The van der Waals surface area contributed by atoms with Crippen molar-refractivity contribution < 1.29 is 9.53 Å². The van der Waals surface area contributed by atoms with Crippen LogP contribution >= 0.6 is 15.9 Å². The first-order chi connectivity index (χ1) is 11.1. The topological polar surface area (TPSA) is 29.5 Å². The van der Waals surface area contributed by atoms with Crippen molar-refractivity contribution in [2.75, 3.05) is 18.1 Å². The molecule has 0 aliphatic carbocycles. The first-order valence-corrected chi connectivity index (χ1v) is 8.71. The smallest absolute Gasteiger partial charge is 0.227 e. The van der Waals surface area contributed by atoms with Crippen molar-refractivity contribution in [2.24, 2.45) is 0 Å². The summed E-state index contributed by atoms with van der Waals surface area (Å²) in [7, 11) is 0. The van der Waals surface area contributed by atoms with E-state index in [-0.39, 0.29) is 5.91 Å². The van der Waals surface area contributed by atoms with Gasteiger partial charge in [-0.1, -0.05) is 28.1 Å². The van der Waals surface area contributed by atoms with Crippen molar-refractivity contribution in [2.45, 2.75) is 26.2 Å². The summed E-state index contributed by atoms with van der Waals surface area (Å²) in [6.45, 7) is 3.35. The molecule has 0 N–H and O–H groups in total. The maximum absolute atomic E-state index is 12.2. The number of ether oxygens (including phenoxy) is 1. The molecule has 120 valence electrons. The summed E-state index contributed by atoms with van der Waals surface area (Å²) in [5.41, 5.74) is 3.46. The van der Waals surface area contributed by atoms with Crippen molar-refractivity contribution in [3.63, 3.8) is 0 Å².